The summed E-state index contributed by atoms with van der Waals surface area (Å²) >= 11 is 0. The Hall–Kier alpha value is -3.59. The van der Waals surface area contributed by atoms with Gasteiger partial charge in [0, 0.05) is 29.7 Å². The zero-order chi connectivity index (χ0) is 18.9. The zero-order valence-corrected chi connectivity index (χ0v) is 13.9. The minimum absolute atomic E-state index is 0.0843. The topological polar surface area (TPSA) is 30.2 Å². The number of aromatic nitrogens is 3. The molecular formula is C21H12F3N3. The maximum absolute atomic E-state index is 13.4. The van der Waals surface area contributed by atoms with Gasteiger partial charge in [0.25, 0.3) is 0 Å². The third-order valence-corrected chi connectivity index (χ3v) is 4.01. The van der Waals surface area contributed by atoms with E-state index < -0.39 is 11.7 Å². The van der Waals surface area contributed by atoms with Crippen LogP contribution in [0.15, 0.2) is 73.2 Å². The highest BCUT2D eigenvalue weighted by Crippen LogP contribution is 2.36. The van der Waals surface area contributed by atoms with Crippen molar-refractivity contribution in [2.24, 2.45) is 0 Å². The molecule has 0 radical (unpaired) electrons. The molecule has 0 fully saturated rings. The van der Waals surface area contributed by atoms with Crippen LogP contribution in [0, 0.1) is 11.8 Å². The molecule has 3 aromatic heterocycles. The van der Waals surface area contributed by atoms with Gasteiger partial charge in [-0.15, -0.1) is 0 Å². The van der Waals surface area contributed by atoms with Crippen molar-refractivity contribution >= 4 is 5.52 Å². The van der Waals surface area contributed by atoms with Gasteiger partial charge in [-0.2, -0.15) is 13.2 Å². The first-order valence-electron chi connectivity index (χ1n) is 8.10. The van der Waals surface area contributed by atoms with Gasteiger partial charge < -0.3 is 0 Å². The lowest BCUT2D eigenvalue weighted by molar-refractivity contribution is -0.137. The van der Waals surface area contributed by atoms with Crippen molar-refractivity contribution in [3.8, 4) is 23.2 Å². The summed E-state index contributed by atoms with van der Waals surface area (Å²) in [6, 6.07) is 15.6. The zero-order valence-electron chi connectivity index (χ0n) is 13.9. The number of pyridine rings is 2. The number of rotatable bonds is 1. The maximum atomic E-state index is 13.4. The van der Waals surface area contributed by atoms with Crippen LogP contribution in [0.1, 0.15) is 16.8 Å². The van der Waals surface area contributed by atoms with E-state index >= 15 is 0 Å². The van der Waals surface area contributed by atoms with E-state index in [1.807, 2.05) is 30.3 Å². The highest BCUT2D eigenvalue weighted by molar-refractivity contribution is 5.71. The number of halogens is 3. The van der Waals surface area contributed by atoms with Crippen LogP contribution in [-0.2, 0) is 6.18 Å². The molecule has 0 spiro atoms. The van der Waals surface area contributed by atoms with Crippen molar-refractivity contribution in [2.45, 2.75) is 6.18 Å². The van der Waals surface area contributed by atoms with Gasteiger partial charge in [-0.3, -0.25) is 9.38 Å². The van der Waals surface area contributed by atoms with Gasteiger partial charge in [0.2, 0.25) is 0 Å². The van der Waals surface area contributed by atoms with Crippen molar-refractivity contribution in [3.05, 3.63) is 90.0 Å². The van der Waals surface area contributed by atoms with Crippen molar-refractivity contribution in [1.29, 1.82) is 0 Å². The third-order valence-electron chi connectivity index (χ3n) is 4.01. The first-order chi connectivity index (χ1) is 13.0. The second-order valence-corrected chi connectivity index (χ2v) is 5.77. The Kier molecular flexibility index (Phi) is 4.13. The third kappa shape index (κ3) is 3.27. The van der Waals surface area contributed by atoms with Crippen molar-refractivity contribution < 1.29 is 13.2 Å². The van der Waals surface area contributed by atoms with E-state index in [-0.39, 0.29) is 11.4 Å². The van der Waals surface area contributed by atoms with E-state index in [2.05, 4.69) is 21.8 Å². The molecule has 0 bridgehead atoms. The normalized spacial score (nSPS) is 11.2. The van der Waals surface area contributed by atoms with E-state index in [0.29, 0.717) is 11.2 Å². The van der Waals surface area contributed by atoms with Gasteiger partial charge in [-0.25, -0.2) is 4.98 Å². The van der Waals surface area contributed by atoms with E-state index in [1.54, 1.807) is 28.8 Å². The molecule has 1 aromatic carbocycles. The first kappa shape index (κ1) is 16.9. The van der Waals surface area contributed by atoms with Gasteiger partial charge in [0.1, 0.15) is 11.5 Å². The summed E-state index contributed by atoms with van der Waals surface area (Å²) in [5.41, 5.74) is 0.975. The van der Waals surface area contributed by atoms with Crippen LogP contribution in [0.2, 0.25) is 0 Å². The Bertz CT molecular complexity index is 1170. The van der Waals surface area contributed by atoms with Crippen LogP contribution in [0.25, 0.3) is 16.9 Å². The van der Waals surface area contributed by atoms with E-state index in [9.17, 15) is 13.2 Å². The molecule has 4 aromatic rings. The Morgan fingerprint density at radius 2 is 1.67 bits per heavy atom. The Labute approximate surface area is 153 Å². The molecule has 4 rings (SSSR count). The van der Waals surface area contributed by atoms with Gasteiger partial charge >= 0.3 is 6.18 Å². The monoisotopic (exact) mass is 363 g/mol. The molecule has 0 unspecified atom stereocenters. The largest absolute Gasteiger partial charge is 0.417 e. The fourth-order valence-electron chi connectivity index (χ4n) is 2.79. The molecule has 0 amide bonds. The first-order valence-corrected chi connectivity index (χ1v) is 8.10. The minimum Gasteiger partial charge on any atom is -0.298 e. The summed E-state index contributed by atoms with van der Waals surface area (Å²) in [7, 11) is 0. The molecule has 3 nitrogen and oxygen atoms in total. The SMILES string of the molecule is FC(F)(F)c1ccncc1-c1nc(C#Cc2ccccc2)c2ccccn12. The highest BCUT2D eigenvalue weighted by Gasteiger charge is 2.34. The van der Waals surface area contributed by atoms with Gasteiger partial charge in [-0.1, -0.05) is 30.2 Å². The quantitative estimate of drug-likeness (QED) is 0.454. The lowest BCUT2D eigenvalue weighted by Gasteiger charge is -2.11. The lowest BCUT2D eigenvalue weighted by Crippen LogP contribution is -2.08. The predicted molar refractivity (Wildman–Crippen MR) is 95.8 cm³/mol. The van der Waals surface area contributed by atoms with Crippen molar-refractivity contribution in [3.63, 3.8) is 0 Å². The lowest BCUT2D eigenvalue weighted by atomic mass is 10.1. The van der Waals surface area contributed by atoms with Crippen molar-refractivity contribution in [2.75, 3.05) is 0 Å². The fourth-order valence-corrected chi connectivity index (χ4v) is 2.79. The molecule has 0 saturated carbocycles. The van der Waals surface area contributed by atoms with Crippen LogP contribution in [0.4, 0.5) is 13.2 Å². The average Bonchev–Trinajstić information content (AvgIpc) is 3.05. The molecule has 0 N–H and O–H groups in total. The minimum atomic E-state index is -4.51. The Morgan fingerprint density at radius 1 is 0.889 bits per heavy atom. The number of nitrogens with zero attached hydrogens (tertiary/aromatic N) is 3. The molecule has 0 aliphatic heterocycles. The summed E-state index contributed by atoms with van der Waals surface area (Å²) < 4.78 is 41.9. The number of benzene rings is 1. The van der Waals surface area contributed by atoms with Gasteiger partial charge in [0.05, 0.1) is 11.1 Å². The number of imidazole rings is 1. The molecule has 27 heavy (non-hydrogen) atoms. The van der Waals surface area contributed by atoms with Crippen LogP contribution in [0.3, 0.4) is 0 Å². The second-order valence-electron chi connectivity index (χ2n) is 5.77. The summed E-state index contributed by atoms with van der Waals surface area (Å²) in [5, 5.41) is 0. The number of hydrogen-bond donors (Lipinski definition) is 0. The van der Waals surface area contributed by atoms with Crippen LogP contribution in [-0.4, -0.2) is 14.4 Å². The number of hydrogen-bond acceptors (Lipinski definition) is 2. The van der Waals surface area contributed by atoms with E-state index in [1.165, 1.54) is 6.20 Å². The maximum Gasteiger partial charge on any atom is 0.417 e. The van der Waals surface area contributed by atoms with Crippen LogP contribution < -0.4 is 0 Å². The smallest absolute Gasteiger partial charge is 0.298 e. The average molecular weight is 363 g/mol. The van der Waals surface area contributed by atoms with Gasteiger partial charge in [0.15, 0.2) is 0 Å². The standard InChI is InChI=1S/C21H12F3N3/c22-21(23,24)17-11-12-25-14-16(17)20-26-18(19-8-4-5-13-27(19)20)10-9-15-6-2-1-3-7-15/h1-8,11-14H. The molecule has 0 saturated heterocycles. The number of alkyl halides is 3. The van der Waals surface area contributed by atoms with Crippen molar-refractivity contribution in [1.82, 2.24) is 14.4 Å². The molecule has 132 valence electrons. The summed E-state index contributed by atoms with van der Waals surface area (Å²) in [4.78, 5) is 8.25. The van der Waals surface area contributed by atoms with E-state index in [0.717, 1.165) is 17.8 Å². The number of fused-ring (bicyclic) bond motifs is 1. The summed E-state index contributed by atoms with van der Waals surface area (Å²) in [5.74, 6) is 6.12. The summed E-state index contributed by atoms with van der Waals surface area (Å²) in [6.07, 6.45) is -0.537. The van der Waals surface area contributed by atoms with Crippen LogP contribution in [0.5, 0.6) is 0 Å². The Balaban J connectivity index is 1.91. The molecule has 0 aliphatic rings. The molecule has 6 heteroatoms. The van der Waals surface area contributed by atoms with Crippen LogP contribution >= 0.6 is 0 Å². The van der Waals surface area contributed by atoms with Gasteiger partial charge in [-0.05, 0) is 36.3 Å². The molecule has 0 atom stereocenters. The highest BCUT2D eigenvalue weighted by atomic mass is 19.4. The molecule has 0 aliphatic carbocycles. The Morgan fingerprint density at radius 3 is 2.44 bits per heavy atom. The van der Waals surface area contributed by atoms with E-state index in [4.69, 9.17) is 0 Å². The molecule has 3 heterocycles. The summed E-state index contributed by atoms with van der Waals surface area (Å²) in [6.45, 7) is 0. The predicted octanol–water partition coefficient (Wildman–Crippen LogP) is 4.81. The fraction of sp³-hybridized carbons (Fsp3) is 0.0476. The molecular weight excluding hydrogens is 351 g/mol. The second kappa shape index (κ2) is 6.61.